The highest BCUT2D eigenvalue weighted by molar-refractivity contribution is 5.76. The van der Waals surface area contributed by atoms with E-state index in [-0.39, 0.29) is 0 Å². The molecule has 0 spiro atoms. The fourth-order valence-electron chi connectivity index (χ4n) is 3.14. The van der Waals surface area contributed by atoms with Crippen LogP contribution in [0.25, 0.3) is 0 Å². The van der Waals surface area contributed by atoms with Crippen LogP contribution in [-0.2, 0) is 4.79 Å². The van der Waals surface area contributed by atoms with Crippen LogP contribution in [0.3, 0.4) is 0 Å². The first-order valence-corrected chi connectivity index (χ1v) is 7.93. The second-order valence-corrected chi connectivity index (χ2v) is 6.09. The molecule has 4 heteroatoms. The Morgan fingerprint density at radius 3 is 2.63 bits per heavy atom. The molecule has 0 aromatic carbocycles. The number of nitrogens with one attached hydrogen (secondary N) is 1. The van der Waals surface area contributed by atoms with Crippen LogP contribution in [0, 0.1) is 5.92 Å². The summed E-state index contributed by atoms with van der Waals surface area (Å²) in [4.78, 5) is 16.9. The summed E-state index contributed by atoms with van der Waals surface area (Å²) >= 11 is 0. The van der Waals surface area contributed by atoms with Crippen molar-refractivity contribution >= 4 is 5.91 Å². The van der Waals surface area contributed by atoms with Gasteiger partial charge in [0.05, 0.1) is 0 Å². The Morgan fingerprint density at radius 2 is 2.05 bits per heavy atom. The molecule has 4 nitrogen and oxygen atoms in total. The molecule has 2 saturated heterocycles. The van der Waals surface area contributed by atoms with Gasteiger partial charge in [-0.3, -0.25) is 9.69 Å². The summed E-state index contributed by atoms with van der Waals surface area (Å²) in [6.07, 6.45) is 4.38. The molecule has 1 N–H and O–H groups in total. The summed E-state index contributed by atoms with van der Waals surface area (Å²) in [6, 6.07) is 0.653. The third-order valence-corrected chi connectivity index (χ3v) is 4.74. The van der Waals surface area contributed by atoms with E-state index >= 15 is 0 Å². The molecule has 2 rings (SSSR count). The zero-order chi connectivity index (χ0) is 13.7. The third-order valence-electron chi connectivity index (χ3n) is 4.74. The van der Waals surface area contributed by atoms with Crippen molar-refractivity contribution in [2.45, 2.75) is 45.6 Å². The Bertz CT molecular complexity index is 281. The van der Waals surface area contributed by atoms with Crippen LogP contribution in [0.4, 0.5) is 0 Å². The Labute approximate surface area is 117 Å². The van der Waals surface area contributed by atoms with Gasteiger partial charge in [0.1, 0.15) is 0 Å². The lowest BCUT2D eigenvalue weighted by molar-refractivity contribution is -0.134. The fraction of sp³-hybridized carbons (Fsp3) is 0.933. The van der Waals surface area contributed by atoms with Gasteiger partial charge >= 0.3 is 0 Å². The lowest BCUT2D eigenvalue weighted by atomic mass is 9.95. The van der Waals surface area contributed by atoms with E-state index in [4.69, 9.17) is 0 Å². The van der Waals surface area contributed by atoms with Gasteiger partial charge in [0.15, 0.2) is 0 Å². The van der Waals surface area contributed by atoms with Crippen LogP contribution < -0.4 is 5.32 Å². The van der Waals surface area contributed by atoms with Gasteiger partial charge in [0, 0.05) is 38.6 Å². The second-order valence-electron chi connectivity index (χ2n) is 6.09. The average Bonchev–Trinajstić information content (AvgIpc) is 2.47. The Hall–Kier alpha value is -0.610. The zero-order valence-corrected chi connectivity index (χ0v) is 12.5. The topological polar surface area (TPSA) is 35.6 Å². The number of hydrogen-bond donors (Lipinski definition) is 1. The summed E-state index contributed by atoms with van der Waals surface area (Å²) in [7, 11) is 0. The van der Waals surface area contributed by atoms with Crippen molar-refractivity contribution in [1.29, 1.82) is 0 Å². The van der Waals surface area contributed by atoms with Crippen LogP contribution >= 0.6 is 0 Å². The summed E-state index contributed by atoms with van der Waals surface area (Å²) in [5.41, 5.74) is 0. The quantitative estimate of drug-likeness (QED) is 0.834. The fourth-order valence-corrected chi connectivity index (χ4v) is 3.14. The normalized spacial score (nSPS) is 27.3. The summed E-state index contributed by atoms with van der Waals surface area (Å²) in [6.45, 7) is 10.6. The molecule has 1 amide bonds. The van der Waals surface area contributed by atoms with E-state index in [1.807, 2.05) is 0 Å². The van der Waals surface area contributed by atoms with Crippen LogP contribution in [0.2, 0.25) is 0 Å². The van der Waals surface area contributed by atoms with Gasteiger partial charge in [-0.15, -0.1) is 0 Å². The highest BCUT2D eigenvalue weighted by Gasteiger charge is 2.25. The van der Waals surface area contributed by atoms with Gasteiger partial charge in [0.25, 0.3) is 0 Å². The number of amides is 1. The standard InChI is InChI=1S/C15H29N3O/c1-3-13(2)17-7-9-18(10-8-17)15(19)11-14-5-4-6-16-12-14/h13-14,16H,3-12H2,1-2H3. The Kier molecular flexibility index (Phi) is 5.64. The van der Waals surface area contributed by atoms with E-state index in [9.17, 15) is 4.79 Å². The smallest absolute Gasteiger partial charge is 0.222 e. The third kappa shape index (κ3) is 4.18. The lowest BCUT2D eigenvalue weighted by Gasteiger charge is -2.38. The van der Waals surface area contributed by atoms with Crippen LogP contribution in [0.5, 0.6) is 0 Å². The molecule has 0 aliphatic carbocycles. The minimum absolute atomic E-state index is 0.373. The molecule has 0 aromatic rings. The van der Waals surface area contributed by atoms with Crippen molar-refractivity contribution < 1.29 is 4.79 Å². The molecule has 19 heavy (non-hydrogen) atoms. The molecule has 2 aliphatic rings. The van der Waals surface area contributed by atoms with Gasteiger partial charge in [-0.1, -0.05) is 6.92 Å². The highest BCUT2D eigenvalue weighted by atomic mass is 16.2. The maximum Gasteiger partial charge on any atom is 0.222 e. The highest BCUT2D eigenvalue weighted by Crippen LogP contribution is 2.17. The molecular formula is C15H29N3O. The monoisotopic (exact) mass is 267 g/mol. The Balaban J connectivity index is 1.72. The van der Waals surface area contributed by atoms with Gasteiger partial charge in [0.2, 0.25) is 5.91 Å². The molecule has 110 valence electrons. The molecule has 2 aliphatic heterocycles. The first-order chi connectivity index (χ1) is 9.20. The summed E-state index contributed by atoms with van der Waals surface area (Å²) in [5, 5.41) is 3.39. The molecule has 0 saturated carbocycles. The Morgan fingerprint density at radius 1 is 1.32 bits per heavy atom. The predicted octanol–water partition coefficient (Wildman–Crippen LogP) is 1.32. The molecule has 2 heterocycles. The number of piperazine rings is 1. The maximum atomic E-state index is 12.3. The van der Waals surface area contributed by atoms with Crippen molar-refractivity contribution in [3.8, 4) is 0 Å². The summed E-state index contributed by atoms with van der Waals surface area (Å²) in [5.74, 6) is 0.936. The lowest BCUT2D eigenvalue weighted by Crippen LogP contribution is -2.51. The van der Waals surface area contributed by atoms with E-state index in [0.717, 1.165) is 45.7 Å². The van der Waals surface area contributed by atoms with Gasteiger partial charge in [-0.25, -0.2) is 0 Å². The van der Waals surface area contributed by atoms with Crippen LogP contribution in [0.15, 0.2) is 0 Å². The first-order valence-electron chi connectivity index (χ1n) is 7.93. The van der Waals surface area contributed by atoms with Crippen molar-refractivity contribution in [2.24, 2.45) is 5.92 Å². The maximum absolute atomic E-state index is 12.3. The molecule has 0 aromatic heterocycles. The molecule has 2 atom stereocenters. The van der Waals surface area contributed by atoms with Gasteiger partial charge in [-0.2, -0.15) is 0 Å². The largest absolute Gasteiger partial charge is 0.340 e. The number of rotatable bonds is 4. The van der Waals surface area contributed by atoms with E-state index in [1.54, 1.807) is 0 Å². The van der Waals surface area contributed by atoms with E-state index in [0.29, 0.717) is 17.9 Å². The van der Waals surface area contributed by atoms with Gasteiger partial charge < -0.3 is 10.2 Å². The van der Waals surface area contributed by atoms with Gasteiger partial charge in [-0.05, 0) is 45.2 Å². The first kappa shape index (κ1) is 14.8. The number of nitrogens with zero attached hydrogens (tertiary/aromatic N) is 2. The number of hydrogen-bond acceptors (Lipinski definition) is 3. The van der Waals surface area contributed by atoms with E-state index < -0.39 is 0 Å². The predicted molar refractivity (Wildman–Crippen MR) is 78.1 cm³/mol. The molecule has 0 bridgehead atoms. The molecular weight excluding hydrogens is 238 g/mol. The molecule has 0 radical (unpaired) electrons. The number of carbonyl (C=O) groups excluding carboxylic acids is 1. The van der Waals surface area contributed by atoms with Crippen molar-refractivity contribution in [3.63, 3.8) is 0 Å². The second kappa shape index (κ2) is 7.25. The zero-order valence-electron chi connectivity index (χ0n) is 12.5. The van der Waals surface area contributed by atoms with Crippen LogP contribution in [-0.4, -0.2) is 61.0 Å². The molecule has 2 fully saturated rings. The van der Waals surface area contributed by atoms with E-state index in [2.05, 4.69) is 29.0 Å². The summed E-state index contributed by atoms with van der Waals surface area (Å²) < 4.78 is 0. The number of piperidine rings is 1. The minimum Gasteiger partial charge on any atom is -0.340 e. The minimum atomic E-state index is 0.373. The van der Waals surface area contributed by atoms with Crippen LogP contribution in [0.1, 0.15) is 39.5 Å². The van der Waals surface area contributed by atoms with Crippen molar-refractivity contribution in [3.05, 3.63) is 0 Å². The molecule has 2 unspecified atom stereocenters. The van der Waals surface area contributed by atoms with Crippen molar-refractivity contribution in [2.75, 3.05) is 39.3 Å². The van der Waals surface area contributed by atoms with E-state index in [1.165, 1.54) is 19.3 Å². The average molecular weight is 267 g/mol. The number of carbonyl (C=O) groups is 1. The SMILES string of the molecule is CCC(C)N1CCN(C(=O)CC2CCCNC2)CC1. The van der Waals surface area contributed by atoms with Crippen molar-refractivity contribution in [1.82, 2.24) is 15.1 Å².